The first-order valence-electron chi connectivity index (χ1n) is 8.38. The number of hydrogen-bond donors (Lipinski definition) is 2. The number of methoxy groups -OCH3 is 1. The van der Waals surface area contributed by atoms with Crippen LogP contribution in [0.2, 0.25) is 0 Å². The first-order chi connectivity index (χ1) is 12.0. The third-order valence-corrected chi connectivity index (χ3v) is 4.96. The highest BCUT2D eigenvalue weighted by atomic mass is 35.5. The number of thioether (sulfide) groups is 1. The van der Waals surface area contributed by atoms with Crippen LogP contribution in [0.15, 0.2) is 53.4 Å². The van der Waals surface area contributed by atoms with Gasteiger partial charge in [0.05, 0.1) is 12.9 Å². The van der Waals surface area contributed by atoms with Gasteiger partial charge in [0.25, 0.3) is 0 Å². The zero-order valence-corrected chi connectivity index (χ0v) is 17.0. The highest BCUT2D eigenvalue weighted by Crippen LogP contribution is 2.22. The molecule has 0 saturated heterocycles. The van der Waals surface area contributed by atoms with Crippen LogP contribution in [0.3, 0.4) is 0 Å². The molecule has 0 aliphatic carbocycles. The van der Waals surface area contributed by atoms with Crippen molar-refractivity contribution in [1.29, 1.82) is 0 Å². The van der Waals surface area contributed by atoms with Gasteiger partial charge in [0.1, 0.15) is 5.75 Å². The SMILES string of the molecule is COc1cccc(SCC(=O)NCC(N)c2ccc(C(C)C)cc2)c1.Cl. The molecule has 2 aromatic carbocycles. The summed E-state index contributed by atoms with van der Waals surface area (Å²) in [6, 6.07) is 15.7. The number of nitrogens with one attached hydrogen (secondary N) is 1. The van der Waals surface area contributed by atoms with Crippen molar-refractivity contribution in [2.24, 2.45) is 5.73 Å². The van der Waals surface area contributed by atoms with E-state index in [1.807, 2.05) is 36.4 Å². The summed E-state index contributed by atoms with van der Waals surface area (Å²) in [5, 5.41) is 2.90. The molecule has 142 valence electrons. The average Bonchev–Trinajstić information content (AvgIpc) is 2.64. The van der Waals surface area contributed by atoms with Gasteiger partial charge >= 0.3 is 0 Å². The van der Waals surface area contributed by atoms with E-state index in [9.17, 15) is 4.79 Å². The number of halogens is 1. The molecule has 2 rings (SSSR count). The van der Waals surface area contributed by atoms with Crippen molar-refractivity contribution in [2.45, 2.75) is 30.7 Å². The molecule has 1 amide bonds. The van der Waals surface area contributed by atoms with Crippen molar-refractivity contribution in [1.82, 2.24) is 5.32 Å². The lowest BCUT2D eigenvalue weighted by atomic mass is 9.99. The number of amides is 1. The highest BCUT2D eigenvalue weighted by Gasteiger charge is 2.09. The van der Waals surface area contributed by atoms with Crippen LogP contribution in [-0.2, 0) is 4.79 Å². The second-order valence-electron chi connectivity index (χ2n) is 6.20. The van der Waals surface area contributed by atoms with Crippen LogP contribution in [0.1, 0.15) is 36.9 Å². The van der Waals surface area contributed by atoms with Gasteiger partial charge in [-0.25, -0.2) is 0 Å². The van der Waals surface area contributed by atoms with Crippen LogP contribution in [0.25, 0.3) is 0 Å². The normalized spacial score (nSPS) is 11.6. The minimum absolute atomic E-state index is 0. The predicted molar refractivity (Wildman–Crippen MR) is 111 cm³/mol. The van der Waals surface area contributed by atoms with Gasteiger partial charge in [0.2, 0.25) is 5.91 Å². The molecule has 3 N–H and O–H groups in total. The number of carbonyl (C=O) groups is 1. The van der Waals surface area contributed by atoms with Crippen molar-refractivity contribution in [3.05, 3.63) is 59.7 Å². The Morgan fingerprint density at radius 2 is 1.81 bits per heavy atom. The molecule has 2 aromatic rings. The maximum atomic E-state index is 12.0. The largest absolute Gasteiger partial charge is 0.497 e. The van der Waals surface area contributed by atoms with Crippen molar-refractivity contribution in [2.75, 3.05) is 19.4 Å². The quantitative estimate of drug-likeness (QED) is 0.660. The Hall–Kier alpha value is -1.69. The second-order valence-corrected chi connectivity index (χ2v) is 7.25. The summed E-state index contributed by atoms with van der Waals surface area (Å²) in [7, 11) is 1.63. The number of ether oxygens (including phenoxy) is 1. The van der Waals surface area contributed by atoms with Crippen LogP contribution in [0, 0.1) is 0 Å². The summed E-state index contributed by atoms with van der Waals surface area (Å²) >= 11 is 1.48. The van der Waals surface area contributed by atoms with Crippen LogP contribution < -0.4 is 15.8 Å². The van der Waals surface area contributed by atoms with Gasteiger partial charge in [0, 0.05) is 17.5 Å². The molecule has 0 saturated carbocycles. The Morgan fingerprint density at radius 1 is 1.15 bits per heavy atom. The molecular weight excluding hydrogens is 368 g/mol. The molecule has 0 fully saturated rings. The van der Waals surface area contributed by atoms with Crippen molar-refractivity contribution < 1.29 is 9.53 Å². The lowest BCUT2D eigenvalue weighted by Crippen LogP contribution is -2.33. The Bertz CT molecular complexity index is 692. The van der Waals surface area contributed by atoms with Gasteiger partial charge in [-0.2, -0.15) is 0 Å². The number of nitrogens with two attached hydrogens (primary N) is 1. The first-order valence-corrected chi connectivity index (χ1v) is 9.37. The standard InChI is InChI=1S/C20H26N2O2S.ClH/c1-14(2)15-7-9-16(10-8-15)19(21)12-22-20(23)13-25-18-6-4-5-17(11-18)24-3;/h4-11,14,19H,12-13,21H2,1-3H3,(H,22,23);1H. The summed E-state index contributed by atoms with van der Waals surface area (Å²) in [5.41, 5.74) is 8.50. The van der Waals surface area contributed by atoms with Gasteiger partial charge in [-0.15, -0.1) is 24.2 Å². The third-order valence-electron chi connectivity index (χ3n) is 3.96. The number of benzene rings is 2. The minimum atomic E-state index is -0.202. The van der Waals surface area contributed by atoms with Crippen LogP contribution >= 0.6 is 24.2 Å². The third kappa shape index (κ3) is 6.90. The molecule has 0 aromatic heterocycles. The Labute approximate surface area is 166 Å². The van der Waals surface area contributed by atoms with Crippen molar-refractivity contribution in [3.63, 3.8) is 0 Å². The average molecular weight is 395 g/mol. The Morgan fingerprint density at radius 3 is 2.42 bits per heavy atom. The van der Waals surface area contributed by atoms with Crippen molar-refractivity contribution in [3.8, 4) is 5.75 Å². The van der Waals surface area contributed by atoms with E-state index >= 15 is 0 Å². The number of carbonyl (C=O) groups excluding carboxylic acids is 1. The molecule has 0 aliphatic rings. The summed E-state index contributed by atoms with van der Waals surface area (Å²) < 4.78 is 5.18. The van der Waals surface area contributed by atoms with E-state index in [1.54, 1.807) is 7.11 Å². The summed E-state index contributed by atoms with van der Waals surface area (Å²) in [6.45, 7) is 4.75. The van der Waals surface area contributed by atoms with E-state index in [2.05, 4.69) is 31.3 Å². The van der Waals surface area contributed by atoms with E-state index in [-0.39, 0.29) is 24.4 Å². The lowest BCUT2D eigenvalue weighted by molar-refractivity contribution is -0.118. The summed E-state index contributed by atoms with van der Waals surface area (Å²) in [4.78, 5) is 13.0. The van der Waals surface area contributed by atoms with Gasteiger partial charge in [-0.3, -0.25) is 4.79 Å². The van der Waals surface area contributed by atoms with E-state index in [4.69, 9.17) is 10.5 Å². The van der Waals surface area contributed by atoms with E-state index < -0.39 is 0 Å². The Kier molecular flexibility index (Phi) is 9.55. The molecule has 0 heterocycles. The van der Waals surface area contributed by atoms with Crippen LogP contribution in [-0.4, -0.2) is 25.3 Å². The first kappa shape index (κ1) is 22.4. The number of hydrogen-bond acceptors (Lipinski definition) is 4. The highest BCUT2D eigenvalue weighted by molar-refractivity contribution is 8.00. The van der Waals surface area contributed by atoms with E-state index in [0.717, 1.165) is 16.2 Å². The Balaban J connectivity index is 0.00000338. The molecule has 4 nitrogen and oxygen atoms in total. The second kappa shape index (κ2) is 11.1. The molecule has 26 heavy (non-hydrogen) atoms. The minimum Gasteiger partial charge on any atom is -0.497 e. The fraction of sp³-hybridized carbons (Fsp3) is 0.350. The van der Waals surface area contributed by atoms with Crippen molar-refractivity contribution >= 4 is 30.1 Å². The predicted octanol–water partition coefficient (Wildman–Crippen LogP) is 4.15. The van der Waals surface area contributed by atoms with Crippen LogP contribution in [0.5, 0.6) is 5.75 Å². The van der Waals surface area contributed by atoms with Gasteiger partial charge in [-0.05, 0) is 35.2 Å². The molecule has 0 aliphatic heterocycles. The molecule has 1 unspecified atom stereocenters. The molecule has 1 atom stereocenters. The zero-order valence-electron chi connectivity index (χ0n) is 15.4. The molecular formula is C20H27ClN2O2S. The van der Waals surface area contributed by atoms with Gasteiger partial charge in [0.15, 0.2) is 0 Å². The van der Waals surface area contributed by atoms with Gasteiger partial charge in [-0.1, -0.05) is 44.2 Å². The van der Waals surface area contributed by atoms with Gasteiger partial charge < -0.3 is 15.8 Å². The smallest absolute Gasteiger partial charge is 0.230 e. The number of rotatable bonds is 8. The summed E-state index contributed by atoms with van der Waals surface area (Å²) in [5.74, 6) is 1.62. The fourth-order valence-corrected chi connectivity index (χ4v) is 3.13. The van der Waals surface area contributed by atoms with E-state index in [0.29, 0.717) is 18.2 Å². The molecule has 0 spiro atoms. The van der Waals surface area contributed by atoms with E-state index in [1.165, 1.54) is 17.3 Å². The molecule has 6 heteroatoms. The molecule has 0 bridgehead atoms. The fourth-order valence-electron chi connectivity index (χ4n) is 2.36. The lowest BCUT2D eigenvalue weighted by Gasteiger charge is -2.14. The topological polar surface area (TPSA) is 64.3 Å². The summed E-state index contributed by atoms with van der Waals surface area (Å²) in [6.07, 6.45) is 0. The maximum absolute atomic E-state index is 12.0. The monoisotopic (exact) mass is 394 g/mol. The van der Waals surface area contributed by atoms with Crippen LogP contribution in [0.4, 0.5) is 0 Å². The molecule has 0 radical (unpaired) electrons. The zero-order chi connectivity index (χ0) is 18.2. The maximum Gasteiger partial charge on any atom is 0.230 e.